The molecule has 0 spiro atoms. The summed E-state index contributed by atoms with van der Waals surface area (Å²) in [5.74, 6) is 2.43. The summed E-state index contributed by atoms with van der Waals surface area (Å²) in [5.41, 5.74) is -0.160. The van der Waals surface area contributed by atoms with Crippen molar-refractivity contribution in [2.45, 2.75) is 38.5 Å². The molecule has 0 amide bonds. The van der Waals surface area contributed by atoms with Crippen molar-refractivity contribution in [3.8, 4) is 0 Å². The number of ketones is 1. The molecular weight excluding hydrogens is 263 g/mol. The third kappa shape index (κ3) is 2.37. The first-order valence-corrected chi connectivity index (χ1v) is 9.32. The van der Waals surface area contributed by atoms with Crippen LogP contribution in [0.3, 0.4) is 0 Å². The van der Waals surface area contributed by atoms with Gasteiger partial charge in [-0.1, -0.05) is 0 Å². The third-order valence-electron chi connectivity index (χ3n) is 5.65. The Hall–Kier alpha value is -0.0200. The quantitative estimate of drug-likeness (QED) is 0.790. The van der Waals surface area contributed by atoms with E-state index in [0.29, 0.717) is 0 Å². The minimum atomic E-state index is -3.26. The van der Waals surface area contributed by atoms with E-state index in [2.05, 4.69) is 0 Å². The van der Waals surface area contributed by atoms with Crippen LogP contribution in [0.5, 0.6) is 0 Å². The molecule has 1 N–H and O–H groups in total. The van der Waals surface area contributed by atoms with Crippen molar-refractivity contribution in [3.63, 3.8) is 0 Å². The fraction of sp³-hybridized carbons (Fsp3) is 0.929. The molecule has 4 aliphatic rings. The van der Waals surface area contributed by atoms with Crippen molar-refractivity contribution >= 4 is 13.7 Å². The van der Waals surface area contributed by atoms with Crippen molar-refractivity contribution < 1.29 is 18.7 Å². The minimum absolute atomic E-state index is 0.0894. The maximum absolute atomic E-state index is 12.7. The second-order valence-corrected chi connectivity index (χ2v) is 9.51. The van der Waals surface area contributed by atoms with Gasteiger partial charge in [0.1, 0.15) is 0 Å². The van der Waals surface area contributed by atoms with Crippen LogP contribution in [0.2, 0.25) is 0 Å². The predicted molar refractivity (Wildman–Crippen MR) is 75.0 cm³/mol. The molecule has 5 heteroatoms. The molecule has 4 rings (SSSR count). The number of hydrogen-bond acceptors (Lipinski definition) is 4. The Bertz CT molecular complexity index is 342. The van der Waals surface area contributed by atoms with E-state index in [9.17, 15) is 9.69 Å². The van der Waals surface area contributed by atoms with Gasteiger partial charge in [-0.05, 0) is 0 Å². The molecular formula is C14H25O4P. The van der Waals surface area contributed by atoms with Crippen LogP contribution in [-0.2, 0) is 13.8 Å². The van der Waals surface area contributed by atoms with Gasteiger partial charge in [0, 0.05) is 0 Å². The van der Waals surface area contributed by atoms with Crippen LogP contribution < -0.4 is 0 Å². The molecule has 4 nitrogen and oxygen atoms in total. The van der Waals surface area contributed by atoms with E-state index in [4.69, 9.17) is 9.05 Å². The van der Waals surface area contributed by atoms with Crippen molar-refractivity contribution in [3.05, 3.63) is 0 Å². The maximum atomic E-state index is 12.7. The van der Waals surface area contributed by atoms with Crippen LogP contribution in [-0.4, -0.2) is 31.1 Å². The van der Waals surface area contributed by atoms with Crippen molar-refractivity contribution in [1.82, 2.24) is 0 Å². The van der Waals surface area contributed by atoms with Crippen LogP contribution in [0.25, 0.3) is 0 Å². The molecule has 4 fully saturated rings. The Labute approximate surface area is 115 Å². The summed E-state index contributed by atoms with van der Waals surface area (Å²) < 4.78 is 10.1. The Morgan fingerprint density at radius 1 is 1.11 bits per heavy atom. The van der Waals surface area contributed by atoms with E-state index in [1.165, 1.54) is 33.5 Å². The van der Waals surface area contributed by atoms with Gasteiger partial charge in [-0.3, -0.25) is 0 Å². The summed E-state index contributed by atoms with van der Waals surface area (Å²) in [6.07, 6.45) is 7.17. The summed E-state index contributed by atoms with van der Waals surface area (Å²) in [4.78, 5) is 22.9. The van der Waals surface area contributed by atoms with E-state index < -0.39 is 7.94 Å². The number of carbonyl (C=O) groups is 1. The van der Waals surface area contributed by atoms with E-state index in [1.54, 1.807) is 0 Å². The third-order valence-corrected chi connectivity index (χ3v) is 7.70. The summed E-state index contributed by atoms with van der Waals surface area (Å²) >= 11 is 0. The second-order valence-electron chi connectivity index (χ2n) is 6.92. The normalized spacial score (nSPS) is 41.5. The number of Topliss-reactive ketones (excluding diaryl/α,β-unsaturated/α-hetero) is 1. The average Bonchev–Trinajstić information content (AvgIpc) is 2.37. The number of hydrogen-bond donors (Lipinski definition) is 1. The Morgan fingerprint density at radius 3 is 1.89 bits per heavy atom. The van der Waals surface area contributed by atoms with Gasteiger partial charge in [0.05, 0.1) is 0 Å². The molecule has 0 radical (unpaired) electrons. The zero-order valence-electron chi connectivity index (χ0n) is 11.9. The molecule has 0 atom stereocenters. The molecule has 0 aromatic carbocycles. The molecule has 4 saturated carbocycles. The van der Waals surface area contributed by atoms with Gasteiger partial charge in [-0.15, -0.1) is 0 Å². The van der Waals surface area contributed by atoms with Crippen LogP contribution in [0.4, 0.5) is 0 Å². The van der Waals surface area contributed by atoms with Crippen LogP contribution in [0.15, 0.2) is 0 Å². The zero-order chi connectivity index (χ0) is 13.7. The fourth-order valence-corrected chi connectivity index (χ4v) is 6.31. The molecule has 110 valence electrons. The Kier molecular flexibility index (Phi) is 3.50. The molecule has 0 aliphatic heterocycles. The van der Waals surface area contributed by atoms with Crippen molar-refractivity contribution in [2.75, 3.05) is 20.4 Å². The van der Waals surface area contributed by atoms with Crippen molar-refractivity contribution in [1.29, 1.82) is 0 Å². The SMILES string of the molecule is CO[PH](O)(CC(=O)C12CC3CC(CC(C3)C1)C2)OC. The summed E-state index contributed by atoms with van der Waals surface area (Å²) in [6, 6.07) is 0. The van der Waals surface area contributed by atoms with Crippen molar-refractivity contribution in [2.24, 2.45) is 23.2 Å². The summed E-state index contributed by atoms with van der Waals surface area (Å²) in [5, 5.41) is 0. The molecule has 0 heterocycles. The molecule has 0 aromatic rings. The molecule has 4 bridgehead atoms. The average molecular weight is 288 g/mol. The van der Waals surface area contributed by atoms with Gasteiger partial charge in [0.15, 0.2) is 0 Å². The van der Waals surface area contributed by atoms with Crippen LogP contribution in [0.1, 0.15) is 38.5 Å². The molecule has 4 aliphatic carbocycles. The van der Waals surface area contributed by atoms with Gasteiger partial charge in [0.2, 0.25) is 0 Å². The fourth-order valence-electron chi connectivity index (χ4n) is 5.07. The van der Waals surface area contributed by atoms with Crippen LogP contribution >= 0.6 is 7.94 Å². The van der Waals surface area contributed by atoms with Gasteiger partial charge < -0.3 is 0 Å². The molecule has 0 unspecified atom stereocenters. The predicted octanol–water partition coefficient (Wildman–Crippen LogP) is 2.55. The summed E-state index contributed by atoms with van der Waals surface area (Å²) in [7, 11) is -0.396. The van der Waals surface area contributed by atoms with E-state index >= 15 is 0 Å². The molecule has 0 saturated heterocycles. The van der Waals surface area contributed by atoms with Gasteiger partial charge in [-0.2, -0.15) is 0 Å². The van der Waals surface area contributed by atoms with E-state index in [0.717, 1.165) is 37.0 Å². The van der Waals surface area contributed by atoms with Gasteiger partial charge in [0.25, 0.3) is 0 Å². The molecule has 19 heavy (non-hydrogen) atoms. The molecule has 0 aromatic heterocycles. The number of rotatable bonds is 5. The second kappa shape index (κ2) is 4.77. The first-order chi connectivity index (χ1) is 8.98. The number of carbonyl (C=O) groups excluding carboxylic acids is 1. The first kappa shape index (κ1) is 13.9. The van der Waals surface area contributed by atoms with E-state index in [-0.39, 0.29) is 17.4 Å². The standard InChI is InChI=1S/C14H25O4P/c1-17-19(16,18-2)9-13(15)14-6-10-3-11(7-14)5-12(4-10)8-14/h10-12,16,19H,3-9H2,1-2H3. The Morgan fingerprint density at radius 2 is 1.53 bits per heavy atom. The zero-order valence-corrected chi connectivity index (χ0v) is 12.9. The monoisotopic (exact) mass is 288 g/mol. The van der Waals surface area contributed by atoms with Crippen LogP contribution in [0, 0.1) is 23.2 Å². The van der Waals surface area contributed by atoms with Gasteiger partial charge in [-0.25, -0.2) is 0 Å². The Balaban J connectivity index is 1.76. The topological polar surface area (TPSA) is 55.8 Å². The van der Waals surface area contributed by atoms with Gasteiger partial charge >= 0.3 is 115 Å². The van der Waals surface area contributed by atoms with E-state index in [1.807, 2.05) is 0 Å². The first-order valence-electron chi connectivity index (χ1n) is 7.34. The summed E-state index contributed by atoms with van der Waals surface area (Å²) in [6.45, 7) is 0.